The number of amides is 1. The molecule has 0 saturated heterocycles. The summed E-state index contributed by atoms with van der Waals surface area (Å²) in [6.07, 6.45) is 0. The minimum atomic E-state index is -0.299. The van der Waals surface area contributed by atoms with E-state index in [9.17, 15) is 9.18 Å². The topological polar surface area (TPSA) is 20.3 Å². The van der Waals surface area contributed by atoms with Crippen LogP contribution in [0.15, 0.2) is 48.5 Å². The molecular weight excluding hydrogens is 277 g/mol. The molecule has 104 valence electrons. The second-order valence-corrected chi connectivity index (χ2v) is 4.89. The molecule has 0 bridgehead atoms. The normalized spacial score (nSPS) is 10.3. The van der Waals surface area contributed by atoms with Crippen molar-refractivity contribution in [3.05, 3.63) is 71.0 Å². The summed E-state index contributed by atoms with van der Waals surface area (Å²) in [6.45, 7) is 0.363. The zero-order chi connectivity index (χ0) is 14.5. The molecule has 0 heterocycles. The van der Waals surface area contributed by atoms with Crippen LogP contribution >= 0.6 is 11.6 Å². The number of nitrogens with zero attached hydrogens (tertiary/aromatic N) is 1. The molecule has 0 radical (unpaired) electrons. The third kappa shape index (κ3) is 3.58. The van der Waals surface area contributed by atoms with Crippen LogP contribution in [0.2, 0.25) is 0 Å². The Kier molecular flexibility index (Phi) is 4.74. The van der Waals surface area contributed by atoms with Gasteiger partial charge in [0.2, 0.25) is 0 Å². The summed E-state index contributed by atoms with van der Waals surface area (Å²) in [5, 5.41) is 0. The minimum absolute atomic E-state index is 0.110. The van der Waals surface area contributed by atoms with Gasteiger partial charge in [0.1, 0.15) is 5.82 Å². The summed E-state index contributed by atoms with van der Waals surface area (Å²) >= 11 is 5.76. The Labute approximate surface area is 122 Å². The molecule has 20 heavy (non-hydrogen) atoms. The Morgan fingerprint density at radius 1 is 1.15 bits per heavy atom. The van der Waals surface area contributed by atoms with E-state index in [4.69, 9.17) is 11.6 Å². The second-order valence-electron chi connectivity index (χ2n) is 4.63. The first kappa shape index (κ1) is 14.5. The van der Waals surface area contributed by atoms with Crippen molar-refractivity contribution in [2.75, 3.05) is 7.05 Å². The SMILES string of the molecule is CN(Cc1cccc(F)c1)C(=O)c1cccc(CCl)c1. The Balaban J connectivity index is 2.12. The van der Waals surface area contributed by atoms with E-state index >= 15 is 0 Å². The highest BCUT2D eigenvalue weighted by Gasteiger charge is 2.12. The molecule has 0 unspecified atom stereocenters. The van der Waals surface area contributed by atoms with Gasteiger partial charge in [-0.1, -0.05) is 24.3 Å². The van der Waals surface area contributed by atoms with Crippen molar-refractivity contribution >= 4 is 17.5 Å². The van der Waals surface area contributed by atoms with Gasteiger partial charge in [-0.2, -0.15) is 0 Å². The van der Waals surface area contributed by atoms with Crippen molar-refractivity contribution in [1.29, 1.82) is 0 Å². The maximum absolute atomic E-state index is 13.1. The third-order valence-electron chi connectivity index (χ3n) is 2.98. The lowest BCUT2D eigenvalue weighted by Gasteiger charge is -2.17. The number of benzene rings is 2. The molecule has 0 aliphatic rings. The van der Waals surface area contributed by atoms with Gasteiger partial charge in [0, 0.05) is 25.0 Å². The van der Waals surface area contributed by atoms with Gasteiger partial charge in [0.15, 0.2) is 0 Å². The quantitative estimate of drug-likeness (QED) is 0.784. The fourth-order valence-electron chi connectivity index (χ4n) is 1.99. The van der Waals surface area contributed by atoms with Crippen LogP contribution in [0.4, 0.5) is 4.39 Å². The zero-order valence-electron chi connectivity index (χ0n) is 11.1. The van der Waals surface area contributed by atoms with Crippen molar-refractivity contribution in [3.8, 4) is 0 Å². The highest BCUT2D eigenvalue weighted by molar-refractivity contribution is 6.17. The van der Waals surface area contributed by atoms with Crippen LogP contribution in [0.5, 0.6) is 0 Å². The predicted octanol–water partition coefficient (Wildman–Crippen LogP) is 3.84. The third-order valence-corrected chi connectivity index (χ3v) is 3.29. The average molecular weight is 292 g/mol. The highest BCUT2D eigenvalue weighted by Crippen LogP contribution is 2.12. The van der Waals surface area contributed by atoms with Gasteiger partial charge >= 0.3 is 0 Å². The molecule has 2 aromatic rings. The molecule has 0 spiro atoms. The number of hydrogen-bond donors (Lipinski definition) is 0. The molecule has 2 nitrogen and oxygen atoms in total. The van der Waals surface area contributed by atoms with Crippen molar-refractivity contribution in [1.82, 2.24) is 4.90 Å². The number of alkyl halides is 1. The van der Waals surface area contributed by atoms with E-state index in [1.54, 1.807) is 42.3 Å². The van der Waals surface area contributed by atoms with Crippen LogP contribution in [0.1, 0.15) is 21.5 Å². The average Bonchev–Trinajstić information content (AvgIpc) is 2.46. The van der Waals surface area contributed by atoms with Crippen molar-refractivity contribution in [2.24, 2.45) is 0 Å². The van der Waals surface area contributed by atoms with Crippen molar-refractivity contribution in [2.45, 2.75) is 12.4 Å². The largest absolute Gasteiger partial charge is 0.337 e. The number of carbonyl (C=O) groups is 1. The van der Waals surface area contributed by atoms with Crippen molar-refractivity contribution < 1.29 is 9.18 Å². The van der Waals surface area contributed by atoms with Crippen LogP contribution in [-0.2, 0) is 12.4 Å². The summed E-state index contributed by atoms with van der Waals surface area (Å²) in [4.78, 5) is 13.8. The predicted molar refractivity (Wildman–Crippen MR) is 78.2 cm³/mol. The van der Waals surface area contributed by atoms with Crippen LogP contribution in [0.25, 0.3) is 0 Å². The molecule has 2 rings (SSSR count). The number of hydrogen-bond acceptors (Lipinski definition) is 1. The molecule has 0 fully saturated rings. The molecule has 0 aliphatic carbocycles. The van der Waals surface area contributed by atoms with Crippen LogP contribution in [0.3, 0.4) is 0 Å². The number of carbonyl (C=O) groups excluding carboxylic acids is 1. The van der Waals surface area contributed by atoms with Gasteiger partial charge in [-0.3, -0.25) is 4.79 Å². The second kappa shape index (κ2) is 6.53. The standard InChI is InChI=1S/C16H15ClFNO/c1-19(11-13-5-3-7-15(18)9-13)16(20)14-6-2-4-12(8-14)10-17/h2-9H,10-11H2,1H3. The Hall–Kier alpha value is -1.87. The molecule has 0 N–H and O–H groups in total. The lowest BCUT2D eigenvalue weighted by atomic mass is 10.1. The Morgan fingerprint density at radius 3 is 2.55 bits per heavy atom. The minimum Gasteiger partial charge on any atom is -0.337 e. The first-order valence-corrected chi connectivity index (χ1v) is 6.78. The van der Waals surface area contributed by atoms with E-state index in [2.05, 4.69) is 0 Å². The summed E-state index contributed by atoms with van der Waals surface area (Å²) in [5.74, 6) is -0.0388. The van der Waals surface area contributed by atoms with Gasteiger partial charge in [-0.15, -0.1) is 11.6 Å². The molecular formula is C16H15ClFNO. The van der Waals surface area contributed by atoms with Gasteiger partial charge in [-0.05, 0) is 35.4 Å². The highest BCUT2D eigenvalue weighted by atomic mass is 35.5. The van der Waals surface area contributed by atoms with Gasteiger partial charge in [0.05, 0.1) is 0 Å². The van der Waals surface area contributed by atoms with Crippen LogP contribution < -0.4 is 0 Å². The van der Waals surface area contributed by atoms with Crippen LogP contribution in [-0.4, -0.2) is 17.9 Å². The Bertz CT molecular complexity index is 615. The maximum atomic E-state index is 13.1. The van der Waals surface area contributed by atoms with Gasteiger partial charge in [-0.25, -0.2) is 4.39 Å². The van der Waals surface area contributed by atoms with E-state index < -0.39 is 0 Å². The van der Waals surface area contributed by atoms with E-state index in [1.807, 2.05) is 6.07 Å². The lowest BCUT2D eigenvalue weighted by molar-refractivity contribution is 0.0785. The van der Waals surface area contributed by atoms with Crippen molar-refractivity contribution in [3.63, 3.8) is 0 Å². The summed E-state index contributed by atoms with van der Waals surface area (Å²) in [7, 11) is 1.70. The first-order chi connectivity index (χ1) is 9.60. The molecule has 0 aromatic heterocycles. The molecule has 0 aliphatic heterocycles. The molecule has 1 amide bonds. The Morgan fingerprint density at radius 2 is 1.85 bits per heavy atom. The summed E-state index contributed by atoms with van der Waals surface area (Å²) < 4.78 is 13.1. The summed E-state index contributed by atoms with van der Waals surface area (Å²) in [6, 6.07) is 13.4. The zero-order valence-corrected chi connectivity index (χ0v) is 11.9. The molecule has 0 atom stereocenters. The smallest absolute Gasteiger partial charge is 0.253 e. The monoisotopic (exact) mass is 291 g/mol. The molecule has 0 saturated carbocycles. The number of halogens is 2. The van der Waals surface area contributed by atoms with E-state index in [1.165, 1.54) is 12.1 Å². The van der Waals surface area contributed by atoms with E-state index in [0.717, 1.165) is 11.1 Å². The number of rotatable bonds is 4. The fraction of sp³-hybridized carbons (Fsp3) is 0.188. The maximum Gasteiger partial charge on any atom is 0.253 e. The van der Waals surface area contributed by atoms with Gasteiger partial charge < -0.3 is 4.90 Å². The molecule has 2 aromatic carbocycles. The van der Waals surface area contributed by atoms with Gasteiger partial charge in [0.25, 0.3) is 5.91 Å². The van der Waals surface area contributed by atoms with E-state index in [-0.39, 0.29) is 11.7 Å². The lowest BCUT2D eigenvalue weighted by Crippen LogP contribution is -2.26. The fourth-order valence-corrected chi connectivity index (χ4v) is 2.16. The van der Waals surface area contributed by atoms with Crippen LogP contribution in [0, 0.1) is 5.82 Å². The van der Waals surface area contributed by atoms with E-state index in [0.29, 0.717) is 18.0 Å². The first-order valence-electron chi connectivity index (χ1n) is 6.25. The summed E-state index contributed by atoms with van der Waals surface area (Å²) in [5.41, 5.74) is 2.24. The molecule has 4 heteroatoms.